The Hall–Kier alpha value is -1.15. The van der Waals surface area contributed by atoms with Crippen LogP contribution in [0.15, 0.2) is 0 Å². The second-order valence-electron chi connectivity index (χ2n) is 6.53. The van der Waals surface area contributed by atoms with E-state index in [0.29, 0.717) is 32.2 Å². The molecule has 1 amide bonds. The number of carboxylic acids is 1. The van der Waals surface area contributed by atoms with Gasteiger partial charge in [-0.3, -0.25) is 4.79 Å². The Bertz CT molecular complexity index is 554. The zero-order chi connectivity index (χ0) is 17.1. The molecule has 0 unspecified atom stereocenters. The van der Waals surface area contributed by atoms with Gasteiger partial charge in [0.2, 0.25) is 15.9 Å². The zero-order valence-corrected chi connectivity index (χ0v) is 14.4. The van der Waals surface area contributed by atoms with Gasteiger partial charge in [-0.25, -0.2) is 17.5 Å². The molecule has 1 saturated heterocycles. The SMILES string of the molecule is CCS(=O)(=O)N1CCC[C@H](C(=O)NC2(C(=O)O)CCCCC2)C1. The summed E-state index contributed by atoms with van der Waals surface area (Å²) < 4.78 is 25.3. The molecule has 1 heterocycles. The number of sulfonamides is 1. The van der Waals surface area contributed by atoms with Crippen molar-refractivity contribution in [1.82, 2.24) is 9.62 Å². The van der Waals surface area contributed by atoms with Crippen LogP contribution in [0.1, 0.15) is 51.9 Å². The van der Waals surface area contributed by atoms with Gasteiger partial charge in [-0.2, -0.15) is 0 Å². The van der Waals surface area contributed by atoms with Crippen LogP contribution in [0, 0.1) is 5.92 Å². The summed E-state index contributed by atoms with van der Waals surface area (Å²) in [5.74, 6) is -1.77. The molecule has 8 heteroatoms. The van der Waals surface area contributed by atoms with Gasteiger partial charge in [0.15, 0.2) is 0 Å². The molecule has 132 valence electrons. The molecule has 1 atom stereocenters. The van der Waals surface area contributed by atoms with Crippen LogP contribution >= 0.6 is 0 Å². The Morgan fingerprint density at radius 2 is 1.87 bits per heavy atom. The number of nitrogens with one attached hydrogen (secondary N) is 1. The summed E-state index contributed by atoms with van der Waals surface area (Å²) in [5, 5.41) is 12.3. The Morgan fingerprint density at radius 3 is 2.43 bits per heavy atom. The van der Waals surface area contributed by atoms with Crippen molar-refractivity contribution in [2.45, 2.75) is 57.4 Å². The lowest BCUT2D eigenvalue weighted by Gasteiger charge is -2.37. The third-order valence-corrected chi connectivity index (χ3v) is 6.84. The van der Waals surface area contributed by atoms with Gasteiger partial charge in [0.05, 0.1) is 11.7 Å². The highest BCUT2D eigenvalue weighted by Gasteiger charge is 2.43. The molecule has 1 aliphatic carbocycles. The summed E-state index contributed by atoms with van der Waals surface area (Å²) in [5.41, 5.74) is -1.18. The summed E-state index contributed by atoms with van der Waals surface area (Å²) in [4.78, 5) is 24.2. The number of rotatable bonds is 5. The Labute approximate surface area is 137 Å². The lowest BCUT2D eigenvalue weighted by molar-refractivity contribution is -0.150. The van der Waals surface area contributed by atoms with Crippen molar-refractivity contribution < 1.29 is 23.1 Å². The van der Waals surface area contributed by atoms with E-state index in [1.54, 1.807) is 6.92 Å². The minimum Gasteiger partial charge on any atom is -0.480 e. The fourth-order valence-electron chi connectivity index (χ4n) is 3.48. The van der Waals surface area contributed by atoms with Crippen molar-refractivity contribution in [3.05, 3.63) is 0 Å². The quantitative estimate of drug-likeness (QED) is 0.771. The number of carboxylic acid groups (broad SMARTS) is 1. The molecule has 2 rings (SSSR count). The molecule has 7 nitrogen and oxygen atoms in total. The number of carbonyl (C=O) groups is 2. The maximum absolute atomic E-state index is 12.5. The van der Waals surface area contributed by atoms with Crippen molar-refractivity contribution in [2.75, 3.05) is 18.8 Å². The molecule has 23 heavy (non-hydrogen) atoms. The van der Waals surface area contributed by atoms with E-state index < -0.39 is 27.4 Å². The average Bonchev–Trinajstić information content (AvgIpc) is 2.55. The first-order valence-corrected chi connectivity index (χ1v) is 9.95. The lowest BCUT2D eigenvalue weighted by atomic mass is 9.81. The molecular weight excluding hydrogens is 320 g/mol. The maximum Gasteiger partial charge on any atom is 0.329 e. The lowest BCUT2D eigenvalue weighted by Crippen LogP contribution is -2.58. The van der Waals surface area contributed by atoms with Crippen molar-refractivity contribution in [3.63, 3.8) is 0 Å². The number of hydrogen-bond acceptors (Lipinski definition) is 4. The minimum atomic E-state index is -3.32. The first-order chi connectivity index (χ1) is 10.8. The molecule has 2 aliphatic rings. The molecule has 1 saturated carbocycles. The highest BCUT2D eigenvalue weighted by Crippen LogP contribution is 2.30. The molecule has 0 aromatic rings. The van der Waals surface area contributed by atoms with Crippen molar-refractivity contribution in [1.29, 1.82) is 0 Å². The number of aliphatic carboxylic acids is 1. The molecule has 0 aromatic carbocycles. The number of piperidine rings is 1. The van der Waals surface area contributed by atoms with Crippen LogP contribution < -0.4 is 5.32 Å². The number of carbonyl (C=O) groups excluding carboxylic acids is 1. The normalized spacial score (nSPS) is 25.7. The molecule has 0 radical (unpaired) electrons. The van der Waals surface area contributed by atoms with Crippen LogP contribution in [-0.2, 0) is 19.6 Å². The van der Waals surface area contributed by atoms with Gasteiger partial charge in [-0.15, -0.1) is 0 Å². The molecular formula is C15H26N2O5S. The van der Waals surface area contributed by atoms with Gasteiger partial charge in [-0.05, 0) is 32.6 Å². The van der Waals surface area contributed by atoms with E-state index in [2.05, 4.69) is 5.32 Å². The summed E-state index contributed by atoms with van der Waals surface area (Å²) in [6.45, 7) is 2.17. The molecule has 2 N–H and O–H groups in total. The van der Waals surface area contributed by atoms with Crippen LogP contribution in [0.5, 0.6) is 0 Å². The van der Waals surface area contributed by atoms with Crippen molar-refractivity contribution in [2.24, 2.45) is 5.92 Å². The summed E-state index contributed by atoms with van der Waals surface area (Å²) >= 11 is 0. The van der Waals surface area contributed by atoms with Gasteiger partial charge in [-0.1, -0.05) is 19.3 Å². The second kappa shape index (κ2) is 7.17. The predicted molar refractivity (Wildman–Crippen MR) is 85.4 cm³/mol. The highest BCUT2D eigenvalue weighted by atomic mass is 32.2. The summed E-state index contributed by atoms with van der Waals surface area (Å²) in [6, 6.07) is 0. The Kier molecular flexibility index (Phi) is 5.67. The van der Waals surface area contributed by atoms with Crippen LogP contribution in [0.3, 0.4) is 0 Å². The standard InChI is InChI=1S/C15H26N2O5S/c1-2-23(21,22)17-10-6-7-12(11-17)13(18)16-15(14(19)20)8-4-3-5-9-15/h12H,2-11H2,1H3,(H,16,18)(H,19,20)/t12-/m0/s1. The van der Waals surface area contributed by atoms with Crippen LogP contribution in [0.2, 0.25) is 0 Å². The fourth-order valence-corrected chi connectivity index (χ4v) is 4.66. The van der Waals surface area contributed by atoms with Crippen LogP contribution in [-0.4, -0.2) is 54.1 Å². The number of hydrogen-bond donors (Lipinski definition) is 2. The van der Waals surface area contributed by atoms with E-state index in [1.165, 1.54) is 4.31 Å². The van der Waals surface area contributed by atoms with Crippen LogP contribution in [0.25, 0.3) is 0 Å². The van der Waals surface area contributed by atoms with E-state index >= 15 is 0 Å². The monoisotopic (exact) mass is 346 g/mol. The van der Waals surface area contributed by atoms with Gasteiger partial charge in [0.1, 0.15) is 5.54 Å². The maximum atomic E-state index is 12.5. The van der Waals surface area contributed by atoms with E-state index in [0.717, 1.165) is 19.3 Å². The summed E-state index contributed by atoms with van der Waals surface area (Å²) in [6.07, 6.45) is 4.65. The van der Waals surface area contributed by atoms with Gasteiger partial charge in [0, 0.05) is 13.1 Å². The molecule has 0 bridgehead atoms. The van der Waals surface area contributed by atoms with Crippen molar-refractivity contribution >= 4 is 21.9 Å². The van der Waals surface area contributed by atoms with Crippen LogP contribution in [0.4, 0.5) is 0 Å². The van der Waals surface area contributed by atoms with Gasteiger partial charge < -0.3 is 10.4 Å². The Morgan fingerprint density at radius 1 is 1.22 bits per heavy atom. The van der Waals surface area contributed by atoms with E-state index in [9.17, 15) is 23.1 Å². The topological polar surface area (TPSA) is 104 Å². The molecule has 2 fully saturated rings. The van der Waals surface area contributed by atoms with E-state index in [-0.39, 0.29) is 18.2 Å². The molecule has 1 aliphatic heterocycles. The third-order valence-electron chi connectivity index (χ3n) is 4.99. The largest absolute Gasteiger partial charge is 0.480 e. The summed E-state index contributed by atoms with van der Waals surface area (Å²) in [7, 11) is -3.32. The molecule has 0 spiro atoms. The highest BCUT2D eigenvalue weighted by molar-refractivity contribution is 7.89. The zero-order valence-electron chi connectivity index (χ0n) is 13.6. The molecule has 0 aromatic heterocycles. The third kappa shape index (κ3) is 4.03. The van der Waals surface area contributed by atoms with E-state index in [1.807, 2.05) is 0 Å². The van der Waals surface area contributed by atoms with E-state index in [4.69, 9.17) is 0 Å². The number of nitrogens with zero attached hydrogens (tertiary/aromatic N) is 1. The van der Waals surface area contributed by atoms with Gasteiger partial charge in [0.25, 0.3) is 0 Å². The first kappa shape index (κ1) is 18.2. The van der Waals surface area contributed by atoms with Gasteiger partial charge >= 0.3 is 5.97 Å². The van der Waals surface area contributed by atoms with Crippen molar-refractivity contribution in [3.8, 4) is 0 Å². The smallest absolute Gasteiger partial charge is 0.329 e. The fraction of sp³-hybridized carbons (Fsp3) is 0.867. The predicted octanol–water partition coefficient (Wildman–Crippen LogP) is 0.952. The number of amides is 1. The second-order valence-corrected chi connectivity index (χ2v) is 8.79. The minimum absolute atomic E-state index is 0.0143. The average molecular weight is 346 g/mol. The first-order valence-electron chi connectivity index (χ1n) is 8.34. The Balaban J connectivity index is 2.06.